The summed E-state index contributed by atoms with van der Waals surface area (Å²) in [5.74, 6) is 0.0700. The second-order valence-electron chi connectivity index (χ2n) is 2.85. The summed E-state index contributed by atoms with van der Waals surface area (Å²) in [6.07, 6.45) is 0. The van der Waals surface area contributed by atoms with Gasteiger partial charge in [-0.25, -0.2) is 4.79 Å². The quantitative estimate of drug-likeness (QED) is 0.597. The molecule has 1 aromatic carbocycles. The Kier molecular flexibility index (Phi) is 2.89. The smallest absolute Gasteiger partial charge is 0.272 e. The summed E-state index contributed by atoms with van der Waals surface area (Å²) >= 11 is 4.20. The average molecular weight is 182 g/mol. The van der Waals surface area contributed by atoms with E-state index < -0.39 is 0 Å². The van der Waals surface area contributed by atoms with Crippen LogP contribution in [-0.2, 0) is 0 Å². The molecule has 0 unspecified atom stereocenters. The van der Waals surface area contributed by atoms with Gasteiger partial charge in [-0.05, 0) is 12.1 Å². The fourth-order valence-corrected chi connectivity index (χ4v) is 1.20. The number of nitrogens with one attached hydrogen (secondary N) is 1. The SMILES string of the molecule is C[NH+](C)C(=O)c1ccccc1S. The Labute approximate surface area is 77.6 Å². The highest BCUT2D eigenvalue weighted by Gasteiger charge is 2.14. The molecule has 0 saturated heterocycles. The van der Waals surface area contributed by atoms with Gasteiger partial charge in [0.05, 0.1) is 19.7 Å². The Morgan fingerprint density at radius 3 is 2.42 bits per heavy atom. The summed E-state index contributed by atoms with van der Waals surface area (Å²) in [6, 6.07) is 7.32. The Morgan fingerprint density at radius 2 is 1.92 bits per heavy atom. The fourth-order valence-electron chi connectivity index (χ4n) is 0.935. The lowest BCUT2D eigenvalue weighted by molar-refractivity contribution is -0.767. The van der Waals surface area contributed by atoms with E-state index in [-0.39, 0.29) is 5.91 Å². The van der Waals surface area contributed by atoms with Gasteiger partial charge >= 0.3 is 5.91 Å². The monoisotopic (exact) mass is 182 g/mol. The average Bonchev–Trinajstić information content (AvgIpc) is 2.04. The third-order valence-corrected chi connectivity index (χ3v) is 1.99. The predicted molar refractivity (Wildman–Crippen MR) is 50.8 cm³/mol. The molecule has 0 spiro atoms. The zero-order valence-corrected chi connectivity index (χ0v) is 8.06. The summed E-state index contributed by atoms with van der Waals surface area (Å²) in [7, 11) is 3.62. The van der Waals surface area contributed by atoms with Crippen LogP contribution in [0.15, 0.2) is 29.2 Å². The molecular formula is C9H12NOS+. The number of quaternary nitrogens is 1. The second-order valence-corrected chi connectivity index (χ2v) is 3.33. The van der Waals surface area contributed by atoms with Crippen LogP contribution < -0.4 is 4.90 Å². The van der Waals surface area contributed by atoms with Crippen molar-refractivity contribution in [3.63, 3.8) is 0 Å². The van der Waals surface area contributed by atoms with Gasteiger partial charge in [-0.2, -0.15) is 0 Å². The first-order valence-corrected chi connectivity index (χ1v) is 4.20. The van der Waals surface area contributed by atoms with Gasteiger partial charge in [0.1, 0.15) is 0 Å². The minimum absolute atomic E-state index is 0.0700. The van der Waals surface area contributed by atoms with Crippen LogP contribution in [0, 0.1) is 0 Å². The number of carbonyl (C=O) groups is 1. The molecule has 0 bridgehead atoms. The molecule has 2 nitrogen and oxygen atoms in total. The highest BCUT2D eigenvalue weighted by atomic mass is 32.1. The summed E-state index contributed by atoms with van der Waals surface area (Å²) in [5, 5.41) is 0. The van der Waals surface area contributed by atoms with Crippen LogP contribution in [0.25, 0.3) is 0 Å². The molecule has 3 heteroatoms. The van der Waals surface area contributed by atoms with Crippen LogP contribution in [0.5, 0.6) is 0 Å². The minimum atomic E-state index is 0.0700. The van der Waals surface area contributed by atoms with E-state index in [0.29, 0.717) is 5.56 Å². The van der Waals surface area contributed by atoms with Gasteiger partial charge in [-0.15, -0.1) is 12.6 Å². The maximum atomic E-state index is 11.5. The molecule has 0 saturated carbocycles. The molecule has 0 aromatic heterocycles. The molecule has 64 valence electrons. The van der Waals surface area contributed by atoms with Gasteiger partial charge in [-0.3, -0.25) is 4.90 Å². The maximum Gasteiger partial charge on any atom is 0.344 e. The van der Waals surface area contributed by atoms with Crippen molar-refractivity contribution in [3.8, 4) is 0 Å². The Bertz CT molecular complexity index is 296. The van der Waals surface area contributed by atoms with E-state index in [9.17, 15) is 4.79 Å². The molecule has 0 radical (unpaired) electrons. The van der Waals surface area contributed by atoms with Crippen LogP contribution >= 0.6 is 12.6 Å². The van der Waals surface area contributed by atoms with E-state index in [0.717, 1.165) is 9.80 Å². The van der Waals surface area contributed by atoms with Crippen molar-refractivity contribution < 1.29 is 9.69 Å². The molecule has 1 amide bonds. The summed E-state index contributed by atoms with van der Waals surface area (Å²) < 4.78 is 0. The maximum absolute atomic E-state index is 11.5. The number of hydrogen-bond donors (Lipinski definition) is 2. The third kappa shape index (κ3) is 1.87. The largest absolute Gasteiger partial charge is 0.344 e. The van der Waals surface area contributed by atoms with Crippen LogP contribution in [0.4, 0.5) is 0 Å². The molecule has 0 aliphatic rings. The number of hydrogen-bond acceptors (Lipinski definition) is 2. The Balaban J connectivity index is 3.03. The molecule has 0 aliphatic heterocycles. The minimum Gasteiger partial charge on any atom is -0.272 e. The van der Waals surface area contributed by atoms with Crippen LogP contribution in [0.1, 0.15) is 10.4 Å². The lowest BCUT2D eigenvalue weighted by Crippen LogP contribution is -3.08. The highest BCUT2D eigenvalue weighted by molar-refractivity contribution is 7.80. The Hall–Kier alpha value is -0.800. The molecule has 0 fully saturated rings. The number of benzene rings is 1. The molecule has 12 heavy (non-hydrogen) atoms. The van der Waals surface area contributed by atoms with Crippen molar-refractivity contribution in [1.82, 2.24) is 0 Å². The van der Waals surface area contributed by atoms with E-state index in [1.807, 2.05) is 32.3 Å². The topological polar surface area (TPSA) is 21.5 Å². The molecule has 1 rings (SSSR count). The van der Waals surface area contributed by atoms with E-state index in [2.05, 4.69) is 12.6 Å². The standard InChI is InChI=1S/C9H11NOS/c1-10(2)9(11)7-5-3-4-6-8(7)12/h3-6,12H,1-2H3/p+1. The molecule has 0 aliphatic carbocycles. The van der Waals surface area contributed by atoms with Crippen molar-refractivity contribution in [3.05, 3.63) is 29.8 Å². The van der Waals surface area contributed by atoms with E-state index in [4.69, 9.17) is 0 Å². The first-order valence-electron chi connectivity index (χ1n) is 3.76. The predicted octanol–water partition coefficient (Wildman–Crippen LogP) is 0.260. The van der Waals surface area contributed by atoms with Gasteiger partial charge in [0.25, 0.3) is 0 Å². The van der Waals surface area contributed by atoms with Crippen molar-refractivity contribution in [2.75, 3.05) is 14.1 Å². The molecule has 0 heterocycles. The molecule has 1 aromatic rings. The molecule has 0 atom stereocenters. The zero-order chi connectivity index (χ0) is 9.14. The zero-order valence-electron chi connectivity index (χ0n) is 7.16. The number of amides is 1. The van der Waals surface area contributed by atoms with Gasteiger partial charge < -0.3 is 0 Å². The van der Waals surface area contributed by atoms with Crippen molar-refractivity contribution >= 4 is 18.5 Å². The van der Waals surface area contributed by atoms with E-state index in [1.165, 1.54) is 0 Å². The number of thiol groups is 1. The van der Waals surface area contributed by atoms with E-state index in [1.54, 1.807) is 6.07 Å². The highest BCUT2D eigenvalue weighted by Crippen LogP contribution is 2.10. The van der Waals surface area contributed by atoms with Crippen LogP contribution in [0.2, 0.25) is 0 Å². The van der Waals surface area contributed by atoms with Gasteiger partial charge in [0, 0.05) is 4.90 Å². The van der Waals surface area contributed by atoms with E-state index >= 15 is 0 Å². The first kappa shape index (κ1) is 9.29. The fraction of sp³-hybridized carbons (Fsp3) is 0.222. The van der Waals surface area contributed by atoms with Crippen LogP contribution in [0.3, 0.4) is 0 Å². The summed E-state index contributed by atoms with van der Waals surface area (Å²) in [4.78, 5) is 13.0. The van der Waals surface area contributed by atoms with Crippen LogP contribution in [-0.4, -0.2) is 20.0 Å². The van der Waals surface area contributed by atoms with Gasteiger partial charge in [0.2, 0.25) is 0 Å². The normalized spacial score (nSPS) is 10.3. The van der Waals surface area contributed by atoms with Gasteiger partial charge in [0.15, 0.2) is 0 Å². The molecular weight excluding hydrogens is 170 g/mol. The van der Waals surface area contributed by atoms with Crippen molar-refractivity contribution in [2.24, 2.45) is 0 Å². The molecule has 1 N–H and O–H groups in total. The first-order chi connectivity index (χ1) is 5.63. The number of rotatable bonds is 1. The second kappa shape index (κ2) is 3.74. The Morgan fingerprint density at radius 1 is 1.33 bits per heavy atom. The lowest BCUT2D eigenvalue weighted by atomic mass is 10.2. The van der Waals surface area contributed by atoms with Crippen molar-refractivity contribution in [1.29, 1.82) is 0 Å². The summed E-state index contributed by atoms with van der Waals surface area (Å²) in [5.41, 5.74) is 0.681. The third-order valence-electron chi connectivity index (χ3n) is 1.60. The number of carbonyl (C=O) groups excluding carboxylic acids is 1. The van der Waals surface area contributed by atoms with Gasteiger partial charge in [-0.1, -0.05) is 12.1 Å². The van der Waals surface area contributed by atoms with Crippen molar-refractivity contribution in [2.45, 2.75) is 4.90 Å². The lowest BCUT2D eigenvalue weighted by Gasteiger charge is -2.05. The summed E-state index contributed by atoms with van der Waals surface area (Å²) in [6.45, 7) is 0.